The Kier molecular flexibility index (Phi) is 6.21. The average molecular weight is 226 g/mol. The summed E-state index contributed by atoms with van der Waals surface area (Å²) < 4.78 is 4.60. The minimum Gasteiger partial charge on any atom is -0.437 e. The fourth-order valence-electron chi connectivity index (χ4n) is 0.384. The summed E-state index contributed by atoms with van der Waals surface area (Å²) in [5, 5.41) is 34.0. The van der Waals surface area contributed by atoms with Crippen molar-refractivity contribution in [2.24, 2.45) is 0 Å². The van der Waals surface area contributed by atoms with Gasteiger partial charge in [0.15, 0.2) is 10.1 Å². The Morgan fingerprint density at radius 2 is 1.31 bits per heavy atom. The number of rotatable bonds is 4. The second-order valence-corrected chi connectivity index (χ2v) is 2.94. The van der Waals surface area contributed by atoms with Gasteiger partial charge in [-0.1, -0.05) is 0 Å². The lowest BCUT2D eigenvalue weighted by Crippen LogP contribution is -2.32. The van der Waals surface area contributed by atoms with Gasteiger partial charge in [0.25, 0.3) is 0 Å². The number of hydrogen-bond donors (Lipinski definition) is 4. The fourth-order valence-corrected chi connectivity index (χ4v) is 0.766. The van der Waals surface area contributed by atoms with E-state index in [1.807, 2.05) is 0 Å². The molecule has 0 spiro atoms. The van der Waals surface area contributed by atoms with Crippen LogP contribution in [0.5, 0.6) is 0 Å². The lowest BCUT2D eigenvalue weighted by Gasteiger charge is -2.13. The molecule has 5 nitrogen and oxygen atoms in total. The summed E-state index contributed by atoms with van der Waals surface area (Å²) in [6.45, 7) is -1.17. The van der Waals surface area contributed by atoms with E-state index in [4.69, 9.17) is 20.4 Å². The molecule has 76 valence electrons. The highest BCUT2D eigenvalue weighted by Gasteiger charge is 2.17. The van der Waals surface area contributed by atoms with Gasteiger partial charge in [-0.15, -0.1) is 0 Å². The second-order valence-electron chi connectivity index (χ2n) is 2.14. The molecule has 0 aromatic heterocycles. The quantitative estimate of drug-likeness (QED) is 0.428. The minimum absolute atomic E-state index is 0.333. The first-order valence-corrected chi connectivity index (χ1v) is 4.18. The van der Waals surface area contributed by atoms with Crippen molar-refractivity contribution in [3.05, 3.63) is 0 Å². The summed E-state index contributed by atoms with van der Waals surface area (Å²) in [5.41, 5.74) is 0. The first kappa shape index (κ1) is 12.8. The van der Waals surface area contributed by atoms with Crippen molar-refractivity contribution >= 4 is 34.5 Å². The molecule has 0 aliphatic heterocycles. The van der Waals surface area contributed by atoms with Crippen LogP contribution >= 0.6 is 24.4 Å². The van der Waals surface area contributed by atoms with Crippen LogP contribution in [0.4, 0.5) is 0 Å². The number of hydrogen-bond acceptors (Lipinski definition) is 7. The Morgan fingerprint density at radius 1 is 1.00 bits per heavy atom. The molecular formula is C6H10O5S2. The molecule has 0 aliphatic carbocycles. The van der Waals surface area contributed by atoms with E-state index in [1.54, 1.807) is 0 Å². The third kappa shape index (κ3) is 4.55. The Bertz CT molecular complexity index is 175. The lowest BCUT2D eigenvalue weighted by molar-refractivity contribution is 0.121. The number of aliphatic hydroxyl groups is 4. The lowest BCUT2D eigenvalue weighted by atomic mass is 10.4. The van der Waals surface area contributed by atoms with Crippen molar-refractivity contribution in [3.63, 3.8) is 0 Å². The van der Waals surface area contributed by atoms with Crippen LogP contribution in [0.1, 0.15) is 0 Å². The Morgan fingerprint density at radius 3 is 1.54 bits per heavy atom. The minimum atomic E-state index is -1.32. The first-order chi connectivity index (χ1) is 6.02. The van der Waals surface area contributed by atoms with Crippen molar-refractivity contribution in [1.82, 2.24) is 0 Å². The Hall–Kier alpha value is -0.180. The molecule has 0 heterocycles. The van der Waals surface area contributed by atoms with Gasteiger partial charge in [-0.3, -0.25) is 0 Å². The molecule has 0 saturated heterocycles. The predicted octanol–water partition coefficient (Wildman–Crippen LogP) is -1.64. The van der Waals surface area contributed by atoms with Gasteiger partial charge in [-0.05, 0) is 24.4 Å². The second kappa shape index (κ2) is 6.30. The zero-order chi connectivity index (χ0) is 10.4. The van der Waals surface area contributed by atoms with Crippen molar-refractivity contribution < 1.29 is 25.2 Å². The van der Waals surface area contributed by atoms with Crippen LogP contribution in [-0.2, 0) is 4.74 Å². The van der Waals surface area contributed by atoms with E-state index < -0.39 is 25.4 Å². The molecule has 0 rings (SSSR count). The maximum atomic E-state index is 8.91. The molecule has 2 unspecified atom stereocenters. The Balaban J connectivity index is 3.99. The van der Waals surface area contributed by atoms with Crippen LogP contribution in [0.3, 0.4) is 0 Å². The van der Waals surface area contributed by atoms with E-state index in [-0.39, 0.29) is 10.1 Å². The van der Waals surface area contributed by atoms with E-state index in [0.29, 0.717) is 0 Å². The molecule has 2 atom stereocenters. The van der Waals surface area contributed by atoms with Crippen LogP contribution in [0.25, 0.3) is 0 Å². The van der Waals surface area contributed by atoms with Gasteiger partial charge < -0.3 is 25.2 Å². The van der Waals surface area contributed by atoms with Gasteiger partial charge in [0.1, 0.15) is 12.2 Å². The van der Waals surface area contributed by atoms with E-state index in [2.05, 4.69) is 29.2 Å². The molecule has 0 radical (unpaired) electrons. The largest absolute Gasteiger partial charge is 0.437 e. The van der Waals surface area contributed by atoms with Crippen LogP contribution in [-0.4, -0.2) is 55.9 Å². The van der Waals surface area contributed by atoms with Gasteiger partial charge in [0.2, 0.25) is 0 Å². The maximum Gasteiger partial charge on any atom is 0.199 e. The predicted molar refractivity (Wildman–Crippen MR) is 52.5 cm³/mol. The summed E-state index contributed by atoms with van der Waals surface area (Å²) >= 11 is 9.01. The first-order valence-electron chi connectivity index (χ1n) is 3.36. The third-order valence-corrected chi connectivity index (χ3v) is 1.80. The molecule has 0 aromatic carbocycles. The van der Waals surface area contributed by atoms with Crippen LogP contribution in [0, 0.1) is 0 Å². The zero-order valence-corrected chi connectivity index (χ0v) is 8.22. The van der Waals surface area contributed by atoms with Gasteiger partial charge in [-0.25, -0.2) is 0 Å². The van der Waals surface area contributed by atoms with Crippen LogP contribution in [0.2, 0.25) is 0 Å². The smallest absolute Gasteiger partial charge is 0.199 e. The van der Waals surface area contributed by atoms with Crippen molar-refractivity contribution in [2.45, 2.75) is 12.2 Å². The summed E-state index contributed by atoms with van der Waals surface area (Å²) in [6.07, 6.45) is -2.64. The zero-order valence-electron chi connectivity index (χ0n) is 6.58. The average Bonchev–Trinajstić information content (AvgIpc) is 2.14. The number of aliphatic hydroxyl groups excluding tert-OH is 4. The highest BCUT2D eigenvalue weighted by Crippen LogP contribution is 1.97. The SMILES string of the molecule is OCC(O)C(=S)OC(=S)C(O)CO. The molecule has 0 fully saturated rings. The third-order valence-electron chi connectivity index (χ3n) is 1.09. The maximum absolute atomic E-state index is 8.91. The molecular weight excluding hydrogens is 216 g/mol. The molecule has 0 aliphatic rings. The van der Waals surface area contributed by atoms with E-state index in [1.165, 1.54) is 0 Å². The van der Waals surface area contributed by atoms with E-state index in [0.717, 1.165) is 0 Å². The monoisotopic (exact) mass is 226 g/mol. The highest BCUT2D eigenvalue weighted by molar-refractivity contribution is 7.81. The summed E-state index contributed by atoms with van der Waals surface area (Å²) in [5.74, 6) is 0. The molecule has 0 aromatic rings. The number of thiocarbonyl (C=S) groups is 2. The summed E-state index contributed by atoms with van der Waals surface area (Å²) in [6, 6.07) is 0. The van der Waals surface area contributed by atoms with Crippen LogP contribution in [0.15, 0.2) is 0 Å². The molecule has 7 heteroatoms. The highest BCUT2D eigenvalue weighted by atomic mass is 32.1. The van der Waals surface area contributed by atoms with Gasteiger partial charge in [-0.2, -0.15) is 0 Å². The van der Waals surface area contributed by atoms with Crippen molar-refractivity contribution in [3.8, 4) is 0 Å². The molecule has 13 heavy (non-hydrogen) atoms. The van der Waals surface area contributed by atoms with Gasteiger partial charge in [0.05, 0.1) is 13.2 Å². The Labute approximate surface area is 85.6 Å². The fraction of sp³-hybridized carbons (Fsp3) is 0.667. The van der Waals surface area contributed by atoms with Crippen LogP contribution < -0.4 is 0 Å². The molecule has 4 N–H and O–H groups in total. The van der Waals surface area contributed by atoms with Gasteiger partial charge >= 0.3 is 0 Å². The molecule has 0 saturated carbocycles. The molecule has 0 amide bonds. The van der Waals surface area contributed by atoms with Crippen molar-refractivity contribution in [2.75, 3.05) is 13.2 Å². The number of ether oxygens (including phenoxy) is 1. The topological polar surface area (TPSA) is 90.2 Å². The summed E-state index contributed by atoms with van der Waals surface area (Å²) in [4.78, 5) is 0. The van der Waals surface area contributed by atoms with E-state index in [9.17, 15) is 0 Å². The van der Waals surface area contributed by atoms with E-state index >= 15 is 0 Å². The van der Waals surface area contributed by atoms with Gasteiger partial charge in [0, 0.05) is 0 Å². The van der Waals surface area contributed by atoms with Crippen molar-refractivity contribution in [1.29, 1.82) is 0 Å². The normalized spacial score (nSPS) is 14.8. The summed E-state index contributed by atoms with van der Waals surface area (Å²) in [7, 11) is 0. The standard InChI is InChI=1S/C6H10O5S2/c7-1-3(9)5(12)11-6(13)4(10)2-8/h3-4,7-10H,1-2H2. The molecule has 0 bridgehead atoms.